The van der Waals surface area contributed by atoms with Gasteiger partial charge >= 0.3 is 0 Å². The average Bonchev–Trinajstić information content (AvgIpc) is 2.86. The SMILES string of the molecule is O=C(CCN1CCCCCC1=O)N[C@H]1CCCN(Cc2ccc(Cl)cc2)C1. The van der Waals surface area contributed by atoms with Gasteiger partial charge in [-0.05, 0) is 49.9 Å². The highest BCUT2D eigenvalue weighted by Crippen LogP contribution is 2.16. The lowest BCUT2D eigenvalue weighted by atomic mass is 10.0. The van der Waals surface area contributed by atoms with Crippen molar-refractivity contribution < 1.29 is 9.59 Å². The number of benzene rings is 1. The minimum atomic E-state index is 0.0605. The summed E-state index contributed by atoms with van der Waals surface area (Å²) in [6.45, 7) is 4.15. The Morgan fingerprint density at radius 2 is 1.93 bits per heavy atom. The third kappa shape index (κ3) is 6.51. The van der Waals surface area contributed by atoms with E-state index in [9.17, 15) is 9.59 Å². The smallest absolute Gasteiger partial charge is 0.222 e. The predicted octanol–water partition coefficient (Wildman–Crippen LogP) is 3.21. The molecule has 0 aromatic heterocycles. The number of carbonyl (C=O) groups excluding carboxylic acids is 2. The van der Waals surface area contributed by atoms with Crippen LogP contribution < -0.4 is 5.32 Å². The molecule has 0 saturated carbocycles. The van der Waals surface area contributed by atoms with E-state index in [4.69, 9.17) is 11.6 Å². The first-order valence-electron chi connectivity index (χ1n) is 10.1. The van der Waals surface area contributed by atoms with E-state index in [1.54, 1.807) is 0 Å². The summed E-state index contributed by atoms with van der Waals surface area (Å²) in [5, 5.41) is 3.93. The van der Waals surface area contributed by atoms with Gasteiger partial charge in [-0.2, -0.15) is 0 Å². The van der Waals surface area contributed by atoms with Gasteiger partial charge in [0, 0.05) is 50.1 Å². The van der Waals surface area contributed by atoms with Crippen molar-refractivity contribution in [2.45, 2.75) is 57.5 Å². The molecule has 2 heterocycles. The van der Waals surface area contributed by atoms with Crippen LogP contribution in [0.15, 0.2) is 24.3 Å². The Morgan fingerprint density at radius 3 is 2.74 bits per heavy atom. The normalized spacial score (nSPS) is 21.7. The Bertz CT molecular complexity index is 635. The zero-order valence-electron chi connectivity index (χ0n) is 16.0. The van der Waals surface area contributed by atoms with Gasteiger partial charge in [0.05, 0.1) is 0 Å². The molecule has 2 amide bonds. The van der Waals surface area contributed by atoms with Gasteiger partial charge in [-0.15, -0.1) is 0 Å². The van der Waals surface area contributed by atoms with Crippen molar-refractivity contribution in [2.75, 3.05) is 26.2 Å². The van der Waals surface area contributed by atoms with E-state index in [1.807, 2.05) is 17.0 Å². The van der Waals surface area contributed by atoms with Crippen molar-refractivity contribution in [3.05, 3.63) is 34.9 Å². The molecule has 1 aromatic carbocycles. The molecular formula is C21H30ClN3O2. The first kappa shape index (κ1) is 20.2. The lowest BCUT2D eigenvalue weighted by Gasteiger charge is -2.33. The van der Waals surface area contributed by atoms with E-state index >= 15 is 0 Å². The van der Waals surface area contributed by atoms with Crippen LogP contribution in [0.5, 0.6) is 0 Å². The number of nitrogens with one attached hydrogen (secondary N) is 1. The van der Waals surface area contributed by atoms with Crippen molar-refractivity contribution >= 4 is 23.4 Å². The standard InChI is InChI=1S/C21H30ClN3O2/c22-18-9-7-17(8-10-18)15-24-12-4-5-19(16-24)23-20(26)11-14-25-13-3-1-2-6-21(25)27/h7-10,19H,1-6,11-16H2,(H,23,26)/t19-/m0/s1. The minimum absolute atomic E-state index is 0.0605. The molecule has 1 aromatic rings. The molecule has 0 bridgehead atoms. The maximum absolute atomic E-state index is 12.4. The van der Waals surface area contributed by atoms with Crippen LogP contribution in [0.25, 0.3) is 0 Å². The van der Waals surface area contributed by atoms with Gasteiger partial charge < -0.3 is 10.2 Å². The second-order valence-electron chi connectivity index (χ2n) is 7.71. The molecule has 2 aliphatic rings. The molecule has 2 fully saturated rings. The van der Waals surface area contributed by atoms with Crippen LogP contribution in [-0.4, -0.2) is 53.8 Å². The van der Waals surface area contributed by atoms with E-state index in [2.05, 4.69) is 22.3 Å². The predicted molar refractivity (Wildman–Crippen MR) is 108 cm³/mol. The molecule has 0 unspecified atom stereocenters. The molecule has 148 valence electrons. The topological polar surface area (TPSA) is 52.7 Å². The average molecular weight is 392 g/mol. The third-order valence-electron chi connectivity index (χ3n) is 5.47. The summed E-state index contributed by atoms with van der Waals surface area (Å²) in [5.41, 5.74) is 1.24. The van der Waals surface area contributed by atoms with Crippen LogP contribution in [0.3, 0.4) is 0 Å². The highest BCUT2D eigenvalue weighted by molar-refractivity contribution is 6.30. The summed E-state index contributed by atoms with van der Waals surface area (Å²) in [7, 11) is 0. The van der Waals surface area contributed by atoms with Gasteiger partial charge in [-0.1, -0.05) is 30.2 Å². The van der Waals surface area contributed by atoms with Crippen LogP contribution in [0.1, 0.15) is 50.5 Å². The fourth-order valence-electron chi connectivity index (χ4n) is 3.98. The highest BCUT2D eigenvalue weighted by Gasteiger charge is 2.22. The van der Waals surface area contributed by atoms with Crippen LogP contribution in [-0.2, 0) is 16.1 Å². The Balaban J connectivity index is 1.42. The van der Waals surface area contributed by atoms with Crippen molar-refractivity contribution in [1.82, 2.24) is 15.1 Å². The maximum atomic E-state index is 12.4. The van der Waals surface area contributed by atoms with Crippen molar-refractivity contribution in [3.8, 4) is 0 Å². The molecule has 0 radical (unpaired) electrons. The van der Waals surface area contributed by atoms with Crippen LogP contribution >= 0.6 is 11.6 Å². The lowest BCUT2D eigenvalue weighted by Crippen LogP contribution is -2.48. The van der Waals surface area contributed by atoms with E-state index < -0.39 is 0 Å². The third-order valence-corrected chi connectivity index (χ3v) is 5.72. The second kappa shape index (κ2) is 10.1. The van der Waals surface area contributed by atoms with Crippen molar-refractivity contribution in [1.29, 1.82) is 0 Å². The largest absolute Gasteiger partial charge is 0.352 e. The first-order valence-corrected chi connectivity index (χ1v) is 10.5. The molecule has 3 rings (SSSR count). The second-order valence-corrected chi connectivity index (χ2v) is 8.15. The summed E-state index contributed by atoms with van der Waals surface area (Å²) in [6, 6.07) is 8.15. The summed E-state index contributed by atoms with van der Waals surface area (Å²) >= 11 is 5.95. The van der Waals surface area contributed by atoms with Crippen molar-refractivity contribution in [2.24, 2.45) is 0 Å². The summed E-state index contributed by atoms with van der Waals surface area (Å²) in [6.07, 6.45) is 6.28. The maximum Gasteiger partial charge on any atom is 0.222 e. The number of halogens is 1. The van der Waals surface area contributed by atoms with E-state index in [-0.39, 0.29) is 17.9 Å². The van der Waals surface area contributed by atoms with Gasteiger partial charge in [0.15, 0.2) is 0 Å². The molecular weight excluding hydrogens is 362 g/mol. The summed E-state index contributed by atoms with van der Waals surface area (Å²) in [4.78, 5) is 28.6. The first-order chi connectivity index (χ1) is 13.1. The zero-order valence-corrected chi connectivity index (χ0v) is 16.7. The number of rotatable bonds is 6. The Kier molecular flexibility index (Phi) is 7.53. The van der Waals surface area contributed by atoms with Gasteiger partial charge in [0.2, 0.25) is 11.8 Å². The Labute approximate surface area is 167 Å². The molecule has 27 heavy (non-hydrogen) atoms. The fourth-order valence-corrected chi connectivity index (χ4v) is 4.10. The number of carbonyl (C=O) groups is 2. The number of hydrogen-bond acceptors (Lipinski definition) is 3. The molecule has 2 aliphatic heterocycles. The number of likely N-dealkylation sites (tertiary alicyclic amines) is 2. The monoisotopic (exact) mass is 391 g/mol. The molecule has 5 nitrogen and oxygen atoms in total. The van der Waals surface area contributed by atoms with Gasteiger partial charge in [0.1, 0.15) is 0 Å². The van der Waals surface area contributed by atoms with Gasteiger partial charge in [0.25, 0.3) is 0 Å². The Morgan fingerprint density at radius 1 is 1.11 bits per heavy atom. The van der Waals surface area contributed by atoms with Crippen LogP contribution in [0, 0.1) is 0 Å². The molecule has 2 saturated heterocycles. The van der Waals surface area contributed by atoms with E-state index in [0.717, 1.165) is 63.3 Å². The number of nitrogens with zero attached hydrogens (tertiary/aromatic N) is 2. The van der Waals surface area contributed by atoms with Crippen LogP contribution in [0.4, 0.5) is 0 Å². The van der Waals surface area contributed by atoms with Gasteiger partial charge in [-0.3, -0.25) is 14.5 Å². The molecule has 0 aliphatic carbocycles. The van der Waals surface area contributed by atoms with E-state index in [1.165, 1.54) is 5.56 Å². The number of amides is 2. The molecule has 1 N–H and O–H groups in total. The number of hydrogen-bond donors (Lipinski definition) is 1. The molecule has 6 heteroatoms. The quantitative estimate of drug-likeness (QED) is 0.810. The van der Waals surface area contributed by atoms with E-state index in [0.29, 0.717) is 19.4 Å². The minimum Gasteiger partial charge on any atom is -0.352 e. The van der Waals surface area contributed by atoms with Crippen molar-refractivity contribution in [3.63, 3.8) is 0 Å². The molecule has 0 spiro atoms. The Hall–Kier alpha value is -1.59. The highest BCUT2D eigenvalue weighted by atomic mass is 35.5. The summed E-state index contributed by atoms with van der Waals surface area (Å²) < 4.78 is 0. The summed E-state index contributed by atoms with van der Waals surface area (Å²) in [5.74, 6) is 0.262. The van der Waals surface area contributed by atoms with Crippen LogP contribution in [0.2, 0.25) is 5.02 Å². The molecule has 1 atom stereocenters. The zero-order chi connectivity index (χ0) is 19.1. The lowest BCUT2D eigenvalue weighted by molar-refractivity contribution is -0.131. The number of piperidine rings is 1. The van der Waals surface area contributed by atoms with Gasteiger partial charge in [-0.25, -0.2) is 0 Å². The fraction of sp³-hybridized carbons (Fsp3) is 0.619.